The van der Waals surface area contributed by atoms with Crippen LogP contribution >= 0.6 is 0 Å². The molecule has 5 nitrogen and oxygen atoms in total. The first kappa shape index (κ1) is 18.3. The van der Waals surface area contributed by atoms with Crippen molar-refractivity contribution in [3.05, 3.63) is 60.5 Å². The van der Waals surface area contributed by atoms with Gasteiger partial charge in [0.25, 0.3) is 0 Å². The monoisotopic (exact) mass is 377 g/mol. The molecule has 1 saturated carbocycles. The van der Waals surface area contributed by atoms with Crippen LogP contribution < -0.4 is 4.74 Å². The number of benzene rings is 2. The molecule has 1 N–H and O–H groups in total. The summed E-state index contributed by atoms with van der Waals surface area (Å²) < 4.78 is 11.2. The summed E-state index contributed by atoms with van der Waals surface area (Å²) in [5.74, 6) is 0.630. The fraction of sp³-hybridized carbons (Fsp3) is 0.304. The number of rotatable bonds is 6. The molecule has 5 heteroatoms. The van der Waals surface area contributed by atoms with E-state index in [9.17, 15) is 4.79 Å². The van der Waals surface area contributed by atoms with E-state index in [2.05, 4.69) is 0 Å². The predicted octanol–water partition coefficient (Wildman–Crippen LogP) is 5.52. The van der Waals surface area contributed by atoms with Gasteiger partial charge in [0.05, 0.1) is 5.69 Å². The van der Waals surface area contributed by atoms with Gasteiger partial charge in [-0.15, -0.1) is 0 Å². The average Bonchev–Trinajstić information content (AvgIpc) is 3.23. The van der Waals surface area contributed by atoms with Gasteiger partial charge in [-0.2, -0.15) is 0 Å². The average molecular weight is 377 g/mol. The number of hydrogen-bond acceptors (Lipinski definition) is 4. The minimum Gasteiger partial charge on any atom is -0.482 e. The van der Waals surface area contributed by atoms with E-state index in [1.54, 1.807) is 12.3 Å². The molecule has 0 saturated heterocycles. The number of hydrogen-bond donors (Lipinski definition) is 1. The minimum atomic E-state index is -0.999. The number of carboxylic acids is 1. The fourth-order valence-corrected chi connectivity index (χ4v) is 3.82. The zero-order valence-corrected chi connectivity index (χ0v) is 15.6. The number of aromatic nitrogens is 1. The maximum Gasteiger partial charge on any atom is 0.341 e. The molecule has 1 aliphatic rings. The van der Waals surface area contributed by atoms with Crippen molar-refractivity contribution in [1.82, 2.24) is 4.98 Å². The maximum absolute atomic E-state index is 10.8. The third-order valence-electron chi connectivity index (χ3n) is 5.21. The first-order chi connectivity index (χ1) is 13.7. The van der Waals surface area contributed by atoms with Crippen molar-refractivity contribution in [1.29, 1.82) is 0 Å². The second-order valence-corrected chi connectivity index (χ2v) is 7.17. The number of nitrogens with zero attached hydrogens (tertiary/aromatic N) is 1. The third kappa shape index (κ3) is 4.09. The molecule has 144 valence electrons. The van der Waals surface area contributed by atoms with Gasteiger partial charge in [0, 0.05) is 11.5 Å². The SMILES string of the molecule is O=C(O)COc1cccc(-c2ccccc2-c2nc(C3CCCCC3)co2)c1. The molecule has 0 atom stereocenters. The highest BCUT2D eigenvalue weighted by atomic mass is 16.5. The number of aliphatic carboxylic acids is 1. The first-order valence-corrected chi connectivity index (χ1v) is 9.70. The lowest BCUT2D eigenvalue weighted by Gasteiger charge is -2.18. The smallest absolute Gasteiger partial charge is 0.341 e. The minimum absolute atomic E-state index is 0.365. The highest BCUT2D eigenvalue weighted by Crippen LogP contribution is 2.36. The molecule has 0 bridgehead atoms. The second kappa shape index (κ2) is 8.30. The summed E-state index contributed by atoms with van der Waals surface area (Å²) in [5.41, 5.74) is 3.86. The van der Waals surface area contributed by atoms with Crippen molar-refractivity contribution in [2.75, 3.05) is 6.61 Å². The van der Waals surface area contributed by atoms with Crippen LogP contribution in [0.3, 0.4) is 0 Å². The summed E-state index contributed by atoms with van der Waals surface area (Å²) in [6, 6.07) is 15.4. The van der Waals surface area contributed by atoms with Crippen molar-refractivity contribution in [2.24, 2.45) is 0 Å². The van der Waals surface area contributed by atoms with Crippen LogP contribution in [0.25, 0.3) is 22.6 Å². The predicted molar refractivity (Wildman–Crippen MR) is 106 cm³/mol. The van der Waals surface area contributed by atoms with Crippen LogP contribution in [0.2, 0.25) is 0 Å². The molecule has 1 aliphatic carbocycles. The molecule has 0 radical (unpaired) electrons. The Labute approximate surface area is 164 Å². The number of oxazole rings is 1. The Morgan fingerprint density at radius 3 is 2.64 bits per heavy atom. The van der Waals surface area contributed by atoms with Crippen molar-refractivity contribution in [2.45, 2.75) is 38.0 Å². The standard InChI is InChI=1S/C23H23NO4/c25-22(26)15-27-18-10-6-9-17(13-18)19-11-4-5-12-20(19)23-24-21(14-28-23)16-7-2-1-3-8-16/h4-6,9-14,16H,1-3,7-8,15H2,(H,25,26). The summed E-state index contributed by atoms with van der Waals surface area (Å²) >= 11 is 0. The Balaban J connectivity index is 1.63. The van der Waals surface area contributed by atoms with Gasteiger partial charge in [-0.1, -0.05) is 49.6 Å². The quantitative estimate of drug-likeness (QED) is 0.612. The van der Waals surface area contributed by atoms with E-state index in [-0.39, 0.29) is 6.61 Å². The van der Waals surface area contributed by atoms with Crippen molar-refractivity contribution >= 4 is 5.97 Å². The largest absolute Gasteiger partial charge is 0.482 e. The van der Waals surface area contributed by atoms with E-state index in [0.29, 0.717) is 17.6 Å². The van der Waals surface area contributed by atoms with Gasteiger partial charge >= 0.3 is 5.97 Å². The van der Waals surface area contributed by atoms with Crippen LogP contribution in [-0.4, -0.2) is 22.7 Å². The van der Waals surface area contributed by atoms with E-state index in [4.69, 9.17) is 19.2 Å². The van der Waals surface area contributed by atoms with Gasteiger partial charge in [0.1, 0.15) is 12.0 Å². The molecule has 3 aromatic rings. The molecule has 28 heavy (non-hydrogen) atoms. The van der Waals surface area contributed by atoms with Crippen LogP contribution in [0.15, 0.2) is 59.2 Å². The summed E-state index contributed by atoms with van der Waals surface area (Å²) in [4.78, 5) is 15.6. The van der Waals surface area contributed by atoms with Crippen LogP contribution in [0.5, 0.6) is 5.75 Å². The molecule has 0 unspecified atom stereocenters. The zero-order valence-electron chi connectivity index (χ0n) is 15.6. The second-order valence-electron chi connectivity index (χ2n) is 7.17. The van der Waals surface area contributed by atoms with E-state index in [1.165, 1.54) is 32.1 Å². The van der Waals surface area contributed by atoms with Gasteiger partial charge in [0.2, 0.25) is 5.89 Å². The highest BCUT2D eigenvalue weighted by Gasteiger charge is 2.20. The molecule has 1 aromatic heterocycles. The number of carboxylic acid groups (broad SMARTS) is 1. The molecule has 0 aliphatic heterocycles. The highest BCUT2D eigenvalue weighted by molar-refractivity contribution is 5.80. The summed E-state index contributed by atoms with van der Waals surface area (Å²) in [5, 5.41) is 8.82. The van der Waals surface area contributed by atoms with Crippen LogP contribution in [0, 0.1) is 0 Å². The Kier molecular flexibility index (Phi) is 5.42. The summed E-state index contributed by atoms with van der Waals surface area (Å²) in [6.45, 7) is -0.365. The van der Waals surface area contributed by atoms with Gasteiger partial charge in [-0.25, -0.2) is 9.78 Å². The van der Waals surface area contributed by atoms with Crippen molar-refractivity contribution in [3.8, 4) is 28.3 Å². The Bertz CT molecular complexity index is 956. The normalized spacial score (nSPS) is 14.7. The van der Waals surface area contributed by atoms with E-state index >= 15 is 0 Å². The van der Waals surface area contributed by atoms with Crippen molar-refractivity contribution < 1.29 is 19.1 Å². The molecular formula is C23H23NO4. The van der Waals surface area contributed by atoms with E-state index in [1.807, 2.05) is 42.5 Å². The van der Waals surface area contributed by atoms with Gasteiger partial charge in [0.15, 0.2) is 6.61 Å². The molecule has 0 spiro atoms. The summed E-state index contributed by atoms with van der Waals surface area (Å²) in [7, 11) is 0. The lowest BCUT2D eigenvalue weighted by molar-refractivity contribution is -0.139. The van der Waals surface area contributed by atoms with Crippen LogP contribution in [0.1, 0.15) is 43.7 Å². The van der Waals surface area contributed by atoms with Gasteiger partial charge in [-0.05, 0) is 42.2 Å². The van der Waals surface area contributed by atoms with E-state index < -0.39 is 5.97 Å². The number of ether oxygens (including phenoxy) is 1. The zero-order chi connectivity index (χ0) is 19.3. The molecule has 1 fully saturated rings. The Morgan fingerprint density at radius 1 is 1.07 bits per heavy atom. The first-order valence-electron chi connectivity index (χ1n) is 9.70. The van der Waals surface area contributed by atoms with Crippen LogP contribution in [-0.2, 0) is 4.79 Å². The number of carbonyl (C=O) groups is 1. The van der Waals surface area contributed by atoms with Gasteiger partial charge in [-0.3, -0.25) is 0 Å². The molecule has 2 aromatic carbocycles. The van der Waals surface area contributed by atoms with Crippen molar-refractivity contribution in [3.63, 3.8) is 0 Å². The maximum atomic E-state index is 10.8. The lowest BCUT2D eigenvalue weighted by Crippen LogP contribution is -2.09. The Morgan fingerprint density at radius 2 is 1.86 bits per heavy atom. The molecule has 0 amide bonds. The van der Waals surface area contributed by atoms with Crippen LogP contribution in [0.4, 0.5) is 0 Å². The third-order valence-corrected chi connectivity index (χ3v) is 5.21. The Hall–Kier alpha value is -3.08. The topological polar surface area (TPSA) is 72.6 Å². The molecular weight excluding hydrogens is 354 g/mol. The molecule has 4 rings (SSSR count). The summed E-state index contributed by atoms with van der Waals surface area (Å²) in [6.07, 6.45) is 7.98. The molecule has 1 heterocycles. The fourth-order valence-electron chi connectivity index (χ4n) is 3.82. The van der Waals surface area contributed by atoms with Gasteiger partial charge < -0.3 is 14.3 Å². The lowest BCUT2D eigenvalue weighted by atomic mass is 9.87. The van der Waals surface area contributed by atoms with E-state index in [0.717, 1.165) is 22.4 Å².